The summed E-state index contributed by atoms with van der Waals surface area (Å²) in [6.45, 7) is 3.34. The molecule has 3 heterocycles. The van der Waals surface area contributed by atoms with Crippen molar-refractivity contribution in [3.8, 4) is 0 Å². The lowest BCUT2D eigenvalue weighted by atomic mass is 10.1. The Balaban J connectivity index is 1.43. The van der Waals surface area contributed by atoms with Gasteiger partial charge in [0.05, 0.1) is 0 Å². The van der Waals surface area contributed by atoms with Crippen LogP contribution in [0.25, 0.3) is 0 Å². The molecule has 132 valence electrons. The number of piperazine rings is 1. The van der Waals surface area contributed by atoms with Crippen molar-refractivity contribution in [2.45, 2.75) is 0 Å². The average molecular weight is 386 g/mol. The van der Waals surface area contributed by atoms with E-state index in [0.717, 1.165) is 37.1 Å². The molecule has 1 fully saturated rings. The molecule has 0 unspecified atom stereocenters. The lowest BCUT2D eigenvalue weighted by Crippen LogP contribution is -2.46. The van der Waals surface area contributed by atoms with Crippen LogP contribution in [-0.4, -0.2) is 46.3 Å². The number of aromatic nitrogens is 3. The Hall–Kier alpha value is -2.51. The molecule has 0 N–H and O–H groups in total. The summed E-state index contributed by atoms with van der Waals surface area (Å²) in [5.41, 5.74) is 0.502. The topological polar surface area (TPSA) is 62.2 Å². The van der Waals surface area contributed by atoms with Gasteiger partial charge in [-0.3, -0.25) is 4.79 Å². The Bertz CT molecular complexity index is 909. The summed E-state index contributed by atoms with van der Waals surface area (Å²) in [5, 5.41) is 1.30. The highest BCUT2D eigenvalue weighted by Gasteiger charge is 2.23. The largest absolute Gasteiger partial charge is 0.353 e. The minimum atomic E-state index is -0.206. The molecule has 8 heteroatoms. The van der Waals surface area contributed by atoms with E-state index in [0.29, 0.717) is 10.6 Å². The first-order valence-electron chi connectivity index (χ1n) is 8.25. The third-order valence-electron chi connectivity index (χ3n) is 4.23. The van der Waals surface area contributed by atoms with Gasteiger partial charge in [-0.15, -0.1) is 0 Å². The zero-order valence-corrected chi connectivity index (χ0v) is 15.5. The molecule has 4 rings (SSSR count). The number of ketones is 1. The van der Waals surface area contributed by atoms with E-state index < -0.39 is 0 Å². The third kappa shape index (κ3) is 3.54. The van der Waals surface area contributed by atoms with Gasteiger partial charge in [-0.25, -0.2) is 4.98 Å². The van der Waals surface area contributed by atoms with Crippen LogP contribution in [-0.2, 0) is 0 Å². The van der Waals surface area contributed by atoms with Gasteiger partial charge in [-0.2, -0.15) is 9.36 Å². The maximum atomic E-state index is 12.5. The molecule has 0 amide bonds. The van der Waals surface area contributed by atoms with Gasteiger partial charge in [0.1, 0.15) is 5.82 Å². The molecule has 6 nitrogen and oxygen atoms in total. The first kappa shape index (κ1) is 16.9. The predicted molar refractivity (Wildman–Crippen MR) is 103 cm³/mol. The van der Waals surface area contributed by atoms with E-state index in [1.807, 2.05) is 18.2 Å². The third-order valence-corrected chi connectivity index (χ3v) is 5.24. The number of hydrogen-bond acceptors (Lipinski definition) is 7. The molecule has 1 aliphatic rings. The number of rotatable bonds is 4. The Morgan fingerprint density at radius 2 is 1.85 bits per heavy atom. The zero-order valence-electron chi connectivity index (χ0n) is 13.9. The van der Waals surface area contributed by atoms with Crippen LogP contribution in [0.5, 0.6) is 0 Å². The second kappa shape index (κ2) is 7.39. The molecular formula is C18H16ClN5OS. The highest BCUT2D eigenvalue weighted by molar-refractivity contribution is 7.09. The number of anilines is 2. The molecule has 1 aliphatic heterocycles. The van der Waals surface area contributed by atoms with E-state index in [1.165, 1.54) is 11.5 Å². The molecule has 0 aliphatic carbocycles. The molecule has 2 aromatic heterocycles. The lowest BCUT2D eigenvalue weighted by molar-refractivity contribution is 0.103. The number of carbonyl (C=O) groups excluding carboxylic acids is 1. The summed E-state index contributed by atoms with van der Waals surface area (Å²) in [6.07, 6.45) is 1.81. The Morgan fingerprint density at radius 3 is 2.58 bits per heavy atom. The van der Waals surface area contributed by atoms with Gasteiger partial charge in [-0.05, 0) is 24.3 Å². The molecule has 0 bridgehead atoms. The summed E-state index contributed by atoms with van der Waals surface area (Å²) in [5.74, 6) is 1.00. The molecule has 1 aromatic carbocycles. The van der Waals surface area contributed by atoms with Gasteiger partial charge in [0.15, 0.2) is 0 Å². The van der Waals surface area contributed by atoms with Crippen molar-refractivity contribution < 1.29 is 4.79 Å². The van der Waals surface area contributed by atoms with Crippen LogP contribution in [0.1, 0.15) is 16.2 Å². The van der Waals surface area contributed by atoms with Crippen LogP contribution in [0, 0.1) is 0 Å². The number of carbonyl (C=O) groups is 1. The molecule has 0 radical (unpaired) electrons. The fourth-order valence-corrected chi connectivity index (χ4v) is 3.77. The number of benzene rings is 1. The Labute approximate surface area is 160 Å². The van der Waals surface area contributed by atoms with E-state index in [2.05, 4.69) is 24.1 Å². The minimum Gasteiger partial charge on any atom is -0.353 e. The Kier molecular flexibility index (Phi) is 4.81. The van der Waals surface area contributed by atoms with Gasteiger partial charge in [0.25, 0.3) is 0 Å². The number of nitrogens with zero attached hydrogens (tertiary/aromatic N) is 5. The number of halogens is 1. The van der Waals surface area contributed by atoms with E-state index in [4.69, 9.17) is 11.6 Å². The lowest BCUT2D eigenvalue weighted by Gasteiger charge is -2.34. The smallest absolute Gasteiger partial charge is 0.231 e. The second-order valence-electron chi connectivity index (χ2n) is 5.90. The molecule has 0 atom stereocenters. The second-order valence-corrected chi connectivity index (χ2v) is 7.07. The van der Waals surface area contributed by atoms with Crippen molar-refractivity contribution in [3.05, 3.63) is 65.1 Å². The maximum Gasteiger partial charge on any atom is 0.231 e. The van der Waals surface area contributed by atoms with Gasteiger partial charge in [0.2, 0.25) is 16.7 Å². The number of pyridine rings is 1. The molecule has 3 aromatic rings. The van der Waals surface area contributed by atoms with Crippen LogP contribution in [0.3, 0.4) is 0 Å². The van der Waals surface area contributed by atoms with Crippen LogP contribution in [0.15, 0.2) is 48.7 Å². The SMILES string of the molecule is O=C(c1cccc(Cl)c1)c1nsc(N2CCN(c3ccccn3)CC2)n1. The van der Waals surface area contributed by atoms with Crippen LogP contribution >= 0.6 is 23.1 Å². The van der Waals surface area contributed by atoms with E-state index in [1.54, 1.807) is 30.5 Å². The van der Waals surface area contributed by atoms with Gasteiger partial charge in [0, 0.05) is 54.5 Å². The van der Waals surface area contributed by atoms with Crippen LogP contribution in [0.2, 0.25) is 5.02 Å². The Morgan fingerprint density at radius 1 is 1.04 bits per heavy atom. The fraction of sp³-hybridized carbons (Fsp3) is 0.222. The van der Waals surface area contributed by atoms with Crippen molar-refractivity contribution in [1.29, 1.82) is 0 Å². The maximum absolute atomic E-state index is 12.5. The molecule has 0 saturated carbocycles. The highest BCUT2D eigenvalue weighted by Crippen LogP contribution is 2.22. The predicted octanol–water partition coefficient (Wildman–Crippen LogP) is 3.14. The first-order chi connectivity index (χ1) is 12.7. The van der Waals surface area contributed by atoms with Crippen molar-refractivity contribution in [2.24, 2.45) is 0 Å². The van der Waals surface area contributed by atoms with Gasteiger partial charge >= 0.3 is 0 Å². The van der Waals surface area contributed by atoms with Crippen molar-refractivity contribution >= 4 is 39.9 Å². The molecule has 26 heavy (non-hydrogen) atoms. The fourth-order valence-electron chi connectivity index (χ4n) is 2.86. The summed E-state index contributed by atoms with van der Waals surface area (Å²) in [6, 6.07) is 12.8. The molecular weight excluding hydrogens is 370 g/mol. The summed E-state index contributed by atoms with van der Waals surface area (Å²) >= 11 is 7.22. The summed E-state index contributed by atoms with van der Waals surface area (Å²) in [7, 11) is 0. The molecule has 1 saturated heterocycles. The van der Waals surface area contributed by atoms with Crippen molar-refractivity contribution in [1.82, 2.24) is 14.3 Å². The minimum absolute atomic E-state index is 0.206. The zero-order chi connectivity index (χ0) is 17.9. The summed E-state index contributed by atoms with van der Waals surface area (Å²) < 4.78 is 4.24. The van der Waals surface area contributed by atoms with Crippen molar-refractivity contribution in [2.75, 3.05) is 36.0 Å². The highest BCUT2D eigenvalue weighted by atomic mass is 35.5. The average Bonchev–Trinajstić information content (AvgIpc) is 3.18. The van der Waals surface area contributed by atoms with Gasteiger partial charge < -0.3 is 9.80 Å². The van der Waals surface area contributed by atoms with E-state index in [9.17, 15) is 4.79 Å². The molecule has 0 spiro atoms. The number of hydrogen-bond donors (Lipinski definition) is 0. The van der Waals surface area contributed by atoms with E-state index >= 15 is 0 Å². The monoisotopic (exact) mass is 385 g/mol. The quantitative estimate of drug-likeness (QED) is 0.643. The normalized spacial score (nSPS) is 14.5. The van der Waals surface area contributed by atoms with E-state index in [-0.39, 0.29) is 11.6 Å². The standard InChI is InChI=1S/C18H16ClN5OS/c19-14-5-3-4-13(12-14)16(25)17-21-18(26-22-17)24-10-8-23(9-11-24)15-6-1-2-7-20-15/h1-7,12H,8-11H2. The van der Waals surface area contributed by atoms with Crippen LogP contribution in [0.4, 0.5) is 10.9 Å². The first-order valence-corrected chi connectivity index (χ1v) is 9.41. The van der Waals surface area contributed by atoms with Crippen LogP contribution < -0.4 is 9.80 Å². The summed E-state index contributed by atoms with van der Waals surface area (Å²) in [4.78, 5) is 25.8. The van der Waals surface area contributed by atoms with Gasteiger partial charge in [-0.1, -0.05) is 29.8 Å². The van der Waals surface area contributed by atoms with Crippen molar-refractivity contribution in [3.63, 3.8) is 0 Å².